The highest BCUT2D eigenvalue weighted by molar-refractivity contribution is 7.99. The number of benzene rings is 2. The average Bonchev–Trinajstić information content (AvgIpc) is 2.67. The van der Waals surface area contributed by atoms with Crippen molar-refractivity contribution in [2.45, 2.75) is 12.1 Å². The molecule has 27 heavy (non-hydrogen) atoms. The molecule has 0 saturated heterocycles. The molecular formula is C20H16FN3O2S. The Morgan fingerprint density at radius 2 is 2.11 bits per heavy atom. The van der Waals surface area contributed by atoms with Gasteiger partial charge in [0.25, 0.3) is 5.56 Å². The maximum Gasteiger partial charge on any atom is 0.266 e. The Hall–Kier alpha value is -3.11. The summed E-state index contributed by atoms with van der Waals surface area (Å²) >= 11 is 1.09. The van der Waals surface area contributed by atoms with Gasteiger partial charge in [-0.15, -0.1) is 6.42 Å². The number of halogens is 1. The lowest BCUT2D eigenvalue weighted by Crippen LogP contribution is -2.26. The molecule has 0 atom stereocenters. The molecule has 2 aromatic carbocycles. The molecule has 0 spiro atoms. The molecule has 0 unspecified atom stereocenters. The van der Waals surface area contributed by atoms with Crippen LogP contribution in [0, 0.1) is 25.1 Å². The molecular weight excluding hydrogens is 365 g/mol. The van der Waals surface area contributed by atoms with Crippen LogP contribution < -0.4 is 10.9 Å². The van der Waals surface area contributed by atoms with E-state index < -0.39 is 5.82 Å². The molecule has 1 heterocycles. The summed E-state index contributed by atoms with van der Waals surface area (Å²) in [6.45, 7) is 1.77. The third-order valence-corrected chi connectivity index (χ3v) is 4.82. The van der Waals surface area contributed by atoms with Crippen LogP contribution in [-0.4, -0.2) is 27.8 Å². The minimum Gasteiger partial charge on any atom is -0.344 e. The van der Waals surface area contributed by atoms with Crippen LogP contribution >= 0.6 is 11.8 Å². The Labute approximate surface area is 159 Å². The van der Waals surface area contributed by atoms with E-state index in [9.17, 15) is 14.0 Å². The molecule has 0 aliphatic heterocycles. The van der Waals surface area contributed by atoms with Crippen LogP contribution in [0.3, 0.4) is 0 Å². The quantitative estimate of drug-likeness (QED) is 0.419. The van der Waals surface area contributed by atoms with E-state index in [4.69, 9.17) is 6.42 Å². The lowest BCUT2D eigenvalue weighted by Gasteiger charge is -2.13. The van der Waals surface area contributed by atoms with Gasteiger partial charge in [0, 0.05) is 0 Å². The van der Waals surface area contributed by atoms with Gasteiger partial charge in [-0.25, -0.2) is 9.37 Å². The van der Waals surface area contributed by atoms with Gasteiger partial charge in [0.15, 0.2) is 5.16 Å². The van der Waals surface area contributed by atoms with Gasteiger partial charge in [0.1, 0.15) is 5.82 Å². The van der Waals surface area contributed by atoms with Crippen LogP contribution in [0.25, 0.3) is 16.6 Å². The van der Waals surface area contributed by atoms with Gasteiger partial charge in [-0.1, -0.05) is 35.9 Å². The molecule has 7 heteroatoms. The first-order valence-corrected chi connectivity index (χ1v) is 9.11. The smallest absolute Gasteiger partial charge is 0.266 e. The molecule has 1 N–H and O–H groups in total. The molecule has 0 saturated carbocycles. The van der Waals surface area contributed by atoms with Crippen molar-refractivity contribution >= 4 is 28.6 Å². The van der Waals surface area contributed by atoms with Gasteiger partial charge >= 0.3 is 0 Å². The number of hydrogen-bond donors (Lipinski definition) is 1. The van der Waals surface area contributed by atoms with Gasteiger partial charge in [0.05, 0.1) is 28.9 Å². The maximum atomic E-state index is 14.1. The fourth-order valence-electron chi connectivity index (χ4n) is 2.49. The SMILES string of the molecule is C#CCNC(=O)CSc1nc2ccccc2c(=O)n1-c1ccc(C)c(F)c1. The maximum absolute atomic E-state index is 14.1. The number of nitrogens with zero attached hydrogens (tertiary/aromatic N) is 2. The van der Waals surface area contributed by atoms with E-state index in [-0.39, 0.29) is 23.8 Å². The van der Waals surface area contributed by atoms with Gasteiger partial charge in [-0.3, -0.25) is 14.2 Å². The monoisotopic (exact) mass is 381 g/mol. The number of nitrogens with one attached hydrogen (secondary N) is 1. The van der Waals surface area contributed by atoms with Gasteiger partial charge in [-0.05, 0) is 36.8 Å². The molecule has 0 bridgehead atoms. The number of thioether (sulfide) groups is 1. The van der Waals surface area contributed by atoms with Crippen LogP contribution in [0.4, 0.5) is 4.39 Å². The van der Waals surface area contributed by atoms with Gasteiger partial charge in [0.2, 0.25) is 5.91 Å². The highest BCUT2D eigenvalue weighted by atomic mass is 32.2. The molecule has 3 rings (SSSR count). The summed E-state index contributed by atoms with van der Waals surface area (Å²) < 4.78 is 15.4. The molecule has 136 valence electrons. The number of hydrogen-bond acceptors (Lipinski definition) is 4. The number of fused-ring (bicyclic) bond motifs is 1. The van der Waals surface area contributed by atoms with Crippen LogP contribution in [0.2, 0.25) is 0 Å². The third kappa shape index (κ3) is 4.01. The number of para-hydroxylation sites is 1. The van der Waals surface area contributed by atoms with Crippen LogP contribution in [-0.2, 0) is 4.79 Å². The first-order valence-electron chi connectivity index (χ1n) is 8.12. The lowest BCUT2D eigenvalue weighted by molar-refractivity contribution is -0.118. The summed E-state index contributed by atoms with van der Waals surface area (Å²) in [6.07, 6.45) is 5.13. The summed E-state index contributed by atoms with van der Waals surface area (Å²) in [6, 6.07) is 11.4. The van der Waals surface area contributed by atoms with E-state index in [0.717, 1.165) is 11.8 Å². The average molecular weight is 381 g/mol. The zero-order chi connectivity index (χ0) is 19.4. The number of carbonyl (C=O) groups excluding carboxylic acids is 1. The van der Waals surface area contributed by atoms with Crippen LogP contribution in [0.15, 0.2) is 52.4 Å². The summed E-state index contributed by atoms with van der Waals surface area (Å²) in [7, 11) is 0. The molecule has 5 nitrogen and oxygen atoms in total. The number of rotatable bonds is 5. The van der Waals surface area contributed by atoms with E-state index in [2.05, 4.69) is 16.2 Å². The number of carbonyl (C=O) groups is 1. The van der Waals surface area contributed by atoms with Crippen molar-refractivity contribution < 1.29 is 9.18 Å². The standard InChI is InChI=1S/C20H16FN3O2S/c1-3-10-22-18(25)12-27-20-23-17-7-5-4-6-15(17)19(26)24(20)14-9-8-13(2)16(21)11-14/h1,4-9,11H,10,12H2,2H3,(H,22,25). The van der Waals surface area contributed by atoms with E-state index in [0.29, 0.717) is 27.3 Å². The first-order chi connectivity index (χ1) is 13.0. The Kier molecular flexibility index (Phi) is 5.57. The summed E-state index contributed by atoms with van der Waals surface area (Å²) in [5, 5.41) is 3.28. The molecule has 0 fully saturated rings. The summed E-state index contributed by atoms with van der Waals surface area (Å²) in [4.78, 5) is 29.4. The molecule has 1 aromatic heterocycles. The van der Waals surface area contributed by atoms with Crippen molar-refractivity contribution in [3.8, 4) is 18.0 Å². The molecule has 0 radical (unpaired) electrons. The fourth-order valence-corrected chi connectivity index (χ4v) is 3.33. The van der Waals surface area contributed by atoms with Crippen molar-refractivity contribution in [2.24, 2.45) is 0 Å². The largest absolute Gasteiger partial charge is 0.344 e. The molecule has 1 amide bonds. The fraction of sp³-hybridized carbons (Fsp3) is 0.150. The second-order valence-electron chi connectivity index (χ2n) is 5.76. The normalized spacial score (nSPS) is 10.6. The lowest BCUT2D eigenvalue weighted by atomic mass is 10.2. The zero-order valence-corrected chi connectivity index (χ0v) is 15.3. The van der Waals surface area contributed by atoms with Crippen molar-refractivity contribution in [1.82, 2.24) is 14.9 Å². The topological polar surface area (TPSA) is 64.0 Å². The second-order valence-corrected chi connectivity index (χ2v) is 6.70. The van der Waals surface area contributed by atoms with Crippen molar-refractivity contribution in [1.29, 1.82) is 0 Å². The summed E-state index contributed by atoms with van der Waals surface area (Å²) in [5.41, 5.74) is 1.02. The number of amides is 1. The molecule has 0 aliphatic carbocycles. The Bertz CT molecular complexity index is 1120. The Morgan fingerprint density at radius 1 is 1.33 bits per heavy atom. The van der Waals surface area contributed by atoms with E-state index in [1.807, 2.05) is 0 Å². The zero-order valence-electron chi connectivity index (χ0n) is 14.5. The van der Waals surface area contributed by atoms with Gasteiger partial charge < -0.3 is 5.32 Å². The second kappa shape index (κ2) is 8.06. The highest BCUT2D eigenvalue weighted by Gasteiger charge is 2.15. The number of aryl methyl sites for hydroxylation is 1. The Morgan fingerprint density at radius 3 is 2.85 bits per heavy atom. The molecule has 0 aliphatic rings. The predicted octanol–water partition coefficient (Wildman–Crippen LogP) is 2.67. The van der Waals surface area contributed by atoms with E-state index >= 15 is 0 Å². The minimum absolute atomic E-state index is 0.0286. The summed E-state index contributed by atoms with van der Waals surface area (Å²) in [5.74, 6) is 1.66. The molecule has 3 aromatic rings. The van der Waals surface area contributed by atoms with Crippen molar-refractivity contribution in [3.05, 3.63) is 64.2 Å². The highest BCUT2D eigenvalue weighted by Crippen LogP contribution is 2.22. The predicted molar refractivity (Wildman–Crippen MR) is 105 cm³/mol. The van der Waals surface area contributed by atoms with Crippen molar-refractivity contribution in [3.63, 3.8) is 0 Å². The number of terminal acetylenes is 1. The van der Waals surface area contributed by atoms with E-state index in [1.165, 1.54) is 10.6 Å². The minimum atomic E-state index is -0.421. The first kappa shape index (κ1) is 18.7. The van der Waals surface area contributed by atoms with Crippen molar-refractivity contribution in [2.75, 3.05) is 12.3 Å². The van der Waals surface area contributed by atoms with Crippen LogP contribution in [0.1, 0.15) is 5.56 Å². The number of aromatic nitrogens is 2. The Balaban J connectivity index is 2.10. The third-order valence-electron chi connectivity index (χ3n) is 3.88. The van der Waals surface area contributed by atoms with Gasteiger partial charge in [-0.2, -0.15) is 0 Å². The van der Waals surface area contributed by atoms with Crippen LogP contribution in [0.5, 0.6) is 0 Å². The van der Waals surface area contributed by atoms with E-state index in [1.54, 1.807) is 43.3 Å².